The molecule has 3 unspecified atom stereocenters. The van der Waals surface area contributed by atoms with Gasteiger partial charge in [0.05, 0.1) is 51.1 Å². The van der Waals surface area contributed by atoms with Crippen molar-refractivity contribution in [3.05, 3.63) is 0 Å². The fraction of sp³-hybridized carbons (Fsp3) is 0.838. The molecular weight excluding hydrogens is 1410 g/mol. The van der Waals surface area contributed by atoms with Gasteiger partial charge in [-0.2, -0.15) is 26.3 Å². The summed E-state index contributed by atoms with van der Waals surface area (Å²) in [5.41, 5.74) is -1.58. The van der Waals surface area contributed by atoms with Gasteiger partial charge in [0.1, 0.15) is 47.8 Å². The number of hydrogen-bond donors (Lipinski definition) is 3. The third-order valence-corrected chi connectivity index (χ3v) is 24.2. The first-order chi connectivity index (χ1) is 50.0. The predicted octanol–water partition coefficient (Wildman–Crippen LogP) is 6.65. The second-order valence-electron chi connectivity index (χ2n) is 31.2. The first-order valence-electron chi connectivity index (χ1n) is 38.7. The number of alkyl halides is 7. The van der Waals surface area contributed by atoms with E-state index in [1.807, 2.05) is 0 Å². The number of fused-ring (bicyclic) bond motifs is 1. The molecule has 0 bridgehead atoms. The van der Waals surface area contributed by atoms with E-state index in [9.17, 15) is 59.9 Å². The monoisotopic (exact) mass is 1530 g/mol. The van der Waals surface area contributed by atoms with Gasteiger partial charge in [-0.25, -0.2) is 0 Å². The van der Waals surface area contributed by atoms with E-state index in [1.54, 1.807) is 34.6 Å². The van der Waals surface area contributed by atoms with Gasteiger partial charge in [0, 0.05) is 73.3 Å². The Morgan fingerprint density at radius 2 is 1.24 bits per heavy atom. The number of nitrogens with zero attached hydrogens (tertiary/aromatic N) is 9. The van der Waals surface area contributed by atoms with E-state index in [0.29, 0.717) is 51.4 Å². The molecule has 0 radical (unpaired) electrons. The molecule has 3 N–H and O–H groups in total. The van der Waals surface area contributed by atoms with Crippen molar-refractivity contribution in [2.75, 3.05) is 101 Å². The van der Waals surface area contributed by atoms with Crippen molar-refractivity contribution < 1.29 is 88.6 Å². The molecule has 0 aromatic heterocycles. The molecule has 3 saturated heterocycles. The van der Waals surface area contributed by atoms with Crippen LogP contribution < -0.4 is 16.0 Å². The van der Waals surface area contributed by atoms with Crippen LogP contribution in [-0.2, 0) is 62.3 Å². The van der Waals surface area contributed by atoms with E-state index in [-0.39, 0.29) is 149 Å². The van der Waals surface area contributed by atoms with E-state index < -0.39 is 198 Å². The molecule has 3 heterocycles. The quantitative estimate of drug-likeness (QED) is 0.115. The van der Waals surface area contributed by atoms with Crippen molar-refractivity contribution in [2.45, 2.75) is 261 Å². The standard InChI is InChI=1S/C74H117ClF6N12O13/c1-11-19-54-64(98)83-62(46(5)14-4)69(103)86(7)44-60(96)85(6)45-61(97)92(34-13-3)57(41-48-23-27-50(28-24-48)73(76,77)78)68(102)91(33-12-2)43-58(94)82-53(30-26-47-25-29-51(52(75)40-47)74(79,80)81)66(100)93-35-17-22-55(93)65(99)84-72(31-18-32-72)71(105)89(10)63(49-20-15-16-21-49)70(104)88(9)56(42-59(95)87(54)8)67(101)90-36-38-106-39-37-90/h46-57,62-63H,11-45H2,1-10H3,(H,82,94)(H,83,98)(H,84,99)/t46-,47?,48?,50?,51?,52?,53-,54-,55-,56-,57-,62-,63-/m0/s1. The van der Waals surface area contributed by atoms with E-state index in [4.69, 9.17) is 16.3 Å². The first-order valence-corrected chi connectivity index (χ1v) is 39.2. The summed E-state index contributed by atoms with van der Waals surface area (Å²) >= 11 is 6.42. The summed E-state index contributed by atoms with van der Waals surface area (Å²) in [6.45, 7) is 7.26. The number of halogens is 7. The molecule has 106 heavy (non-hydrogen) atoms. The molecule has 32 heteroatoms. The average molecular weight is 1530 g/mol. The van der Waals surface area contributed by atoms with Crippen LogP contribution in [0.5, 0.6) is 0 Å². The van der Waals surface area contributed by atoms with Crippen LogP contribution in [0.3, 0.4) is 0 Å². The number of nitrogens with one attached hydrogen (secondary N) is 3. The Morgan fingerprint density at radius 3 is 1.81 bits per heavy atom. The number of carbonyl (C=O) groups excluding carboxylic acids is 12. The van der Waals surface area contributed by atoms with Crippen LogP contribution in [0.1, 0.15) is 195 Å². The van der Waals surface area contributed by atoms with Crippen LogP contribution in [0.25, 0.3) is 0 Å². The molecule has 600 valence electrons. The Labute approximate surface area is 625 Å². The van der Waals surface area contributed by atoms with Gasteiger partial charge in [-0.3, -0.25) is 57.5 Å². The molecule has 0 aromatic rings. The van der Waals surface area contributed by atoms with Gasteiger partial charge < -0.3 is 64.8 Å². The Morgan fingerprint density at radius 1 is 0.604 bits per heavy atom. The van der Waals surface area contributed by atoms with Gasteiger partial charge in [-0.1, -0.05) is 60.3 Å². The number of ether oxygens (including phenoxy) is 1. The largest absolute Gasteiger partial charge is 0.393 e. The molecule has 11 atom stereocenters. The highest BCUT2D eigenvalue weighted by molar-refractivity contribution is 6.21. The summed E-state index contributed by atoms with van der Waals surface area (Å²) in [6, 6.07) is -9.21. The summed E-state index contributed by atoms with van der Waals surface area (Å²) in [5.74, 6) is -13.7. The Bertz CT molecular complexity index is 3080. The zero-order chi connectivity index (χ0) is 78.3. The van der Waals surface area contributed by atoms with Crippen LogP contribution in [0.4, 0.5) is 26.3 Å². The minimum absolute atomic E-state index is 0.00682. The van der Waals surface area contributed by atoms with Gasteiger partial charge in [0.25, 0.3) is 0 Å². The molecule has 7 rings (SSSR count). The third-order valence-electron chi connectivity index (χ3n) is 23.7. The lowest BCUT2D eigenvalue weighted by atomic mass is 9.74. The van der Waals surface area contributed by atoms with Crippen molar-refractivity contribution >= 4 is 82.5 Å². The molecule has 25 nitrogen and oxygen atoms in total. The molecule has 4 aliphatic carbocycles. The SMILES string of the molecule is CCC[C@H]1C(=O)N[C@@H]([C@@H](C)CC)C(=O)N(C)CC(=O)N(C)CC(=O)N(CCC)[C@@H](CC2CCC(C(F)(F)F)CC2)C(=O)N(CCC)CC(=O)N[C@@H](CCC2CCC(C(F)(F)F)C(Cl)C2)C(=O)N2CCC[C@H]2C(=O)NC2(CCC2)C(=O)N(C)[C@@H](C2CCCC2)C(=O)N(C)[C@H](C(=O)N2CCOCC2)CC(=O)N1C. The Kier molecular flexibility index (Phi) is 31.7. The fourth-order valence-corrected chi connectivity index (χ4v) is 17.4. The molecule has 3 aliphatic heterocycles. The van der Waals surface area contributed by atoms with Crippen molar-refractivity contribution in [3.63, 3.8) is 0 Å². The number of morpholine rings is 1. The van der Waals surface area contributed by atoms with E-state index in [2.05, 4.69) is 16.0 Å². The number of rotatable bonds is 15. The lowest BCUT2D eigenvalue weighted by Gasteiger charge is -2.47. The Balaban J connectivity index is 1.30. The highest BCUT2D eigenvalue weighted by Gasteiger charge is 2.54. The minimum atomic E-state index is -4.56. The van der Waals surface area contributed by atoms with Crippen LogP contribution in [-0.4, -0.2) is 281 Å². The van der Waals surface area contributed by atoms with Gasteiger partial charge in [0.2, 0.25) is 70.9 Å². The van der Waals surface area contributed by atoms with E-state index in [0.717, 1.165) is 9.80 Å². The highest BCUT2D eigenvalue weighted by atomic mass is 35.5. The molecule has 7 aliphatic rings. The maximum Gasteiger partial charge on any atom is 0.393 e. The zero-order valence-electron chi connectivity index (χ0n) is 63.8. The second-order valence-corrected chi connectivity index (χ2v) is 31.7. The number of hydrogen-bond acceptors (Lipinski definition) is 13. The average Bonchev–Trinajstić information content (AvgIpc) is 1.08. The normalized spacial score (nSPS) is 30.2. The number of likely N-dealkylation sites (N-methyl/N-ethyl adjacent to an activating group) is 5. The van der Waals surface area contributed by atoms with Crippen LogP contribution in [0.2, 0.25) is 0 Å². The minimum Gasteiger partial charge on any atom is -0.378 e. The molecule has 7 fully saturated rings. The van der Waals surface area contributed by atoms with Crippen molar-refractivity contribution in [1.29, 1.82) is 0 Å². The van der Waals surface area contributed by atoms with E-state index >= 15 is 24.0 Å². The smallest absolute Gasteiger partial charge is 0.378 e. The third kappa shape index (κ3) is 21.7. The summed E-state index contributed by atoms with van der Waals surface area (Å²) < 4.78 is 90.2. The highest BCUT2D eigenvalue weighted by Crippen LogP contribution is 2.45. The fourth-order valence-electron chi connectivity index (χ4n) is 16.9. The van der Waals surface area contributed by atoms with E-state index in [1.165, 1.54) is 69.5 Å². The zero-order valence-corrected chi connectivity index (χ0v) is 64.6. The molecule has 1 spiro atoms. The van der Waals surface area contributed by atoms with Crippen molar-refractivity contribution in [1.82, 2.24) is 60.0 Å². The molecule has 4 saturated carbocycles. The lowest BCUT2D eigenvalue weighted by molar-refractivity contribution is -0.184. The van der Waals surface area contributed by atoms with Crippen molar-refractivity contribution in [3.8, 4) is 0 Å². The second kappa shape index (κ2) is 38.7. The van der Waals surface area contributed by atoms with Gasteiger partial charge in [0.15, 0.2) is 0 Å². The number of amides is 12. The molecule has 0 aromatic carbocycles. The maximum atomic E-state index is 15.6. The molecule has 12 amide bonds. The maximum absolute atomic E-state index is 15.6. The number of carbonyl (C=O) groups is 12. The van der Waals surface area contributed by atoms with Crippen LogP contribution >= 0.6 is 11.6 Å². The first kappa shape index (κ1) is 86.7. The van der Waals surface area contributed by atoms with Gasteiger partial charge in [-0.15, -0.1) is 11.6 Å². The summed E-state index contributed by atoms with van der Waals surface area (Å²) in [5, 5.41) is 7.39. The Hall–Kier alpha value is -6.53. The summed E-state index contributed by atoms with van der Waals surface area (Å²) in [7, 11) is 6.93. The van der Waals surface area contributed by atoms with Crippen molar-refractivity contribution in [2.24, 2.45) is 35.5 Å². The van der Waals surface area contributed by atoms with Gasteiger partial charge in [-0.05, 0) is 152 Å². The summed E-state index contributed by atoms with van der Waals surface area (Å²) in [6.07, 6.45) is -5.42. The lowest BCUT2D eigenvalue weighted by Crippen LogP contribution is -2.68. The van der Waals surface area contributed by atoms with Gasteiger partial charge >= 0.3 is 12.4 Å². The summed E-state index contributed by atoms with van der Waals surface area (Å²) in [4.78, 5) is 192. The molecular formula is C74H117ClF6N12O13. The van der Waals surface area contributed by atoms with Crippen LogP contribution in [0, 0.1) is 35.5 Å². The van der Waals surface area contributed by atoms with Crippen LogP contribution in [0.15, 0.2) is 0 Å². The topological polar surface area (TPSA) is 279 Å². The predicted molar refractivity (Wildman–Crippen MR) is 381 cm³/mol.